The van der Waals surface area contributed by atoms with Crippen LogP contribution in [0.4, 0.5) is 8.78 Å². The summed E-state index contributed by atoms with van der Waals surface area (Å²) in [6.45, 7) is 5.75. The molecule has 4 fully saturated rings. The Morgan fingerprint density at radius 3 is 1.87 bits per heavy atom. The first-order valence-electron chi connectivity index (χ1n) is 20.2. The lowest BCUT2D eigenvalue weighted by Gasteiger charge is -2.58. The molecular weight excluding hydrogens is 839 g/mol. The van der Waals surface area contributed by atoms with Gasteiger partial charge >= 0.3 is 36.9 Å². The van der Waals surface area contributed by atoms with Crippen LogP contribution in [0, 0.1) is 46.3 Å². The molecule has 1 N–H and O–H groups in total. The number of rotatable bonds is 13. The second-order valence-electron chi connectivity index (χ2n) is 17.4. The average Bonchev–Trinajstić information content (AvgIpc) is 3.57. The number of halogens is 2. The van der Waals surface area contributed by atoms with Gasteiger partial charge in [0, 0.05) is 58.1 Å². The summed E-state index contributed by atoms with van der Waals surface area (Å²) in [4.78, 5) is 54.1. The Hall–Kier alpha value is -3.83. The van der Waals surface area contributed by atoms with Crippen LogP contribution < -0.4 is 0 Å². The Balaban J connectivity index is 1.10. The molecule has 0 radical (unpaired) electrons. The van der Waals surface area contributed by atoms with Crippen molar-refractivity contribution in [2.75, 3.05) is 0 Å². The monoisotopic (exact) mass is 888 g/mol. The second kappa shape index (κ2) is 16.1. The molecule has 0 aliphatic heterocycles. The number of benzene rings is 3. The van der Waals surface area contributed by atoms with Gasteiger partial charge in [-0.05, 0) is 107 Å². The lowest BCUT2D eigenvalue weighted by atomic mass is 9.44. The standard InChI is InChI=1S/C44H50F2O11S3/c1-28(34-20-21-35-40-36(27-38(49)43(34,35)3)42(2)24-23-30(47)25-29(42)26-37(40)48)19-22-39(50)56-41(59(51,52)53)44(45,46)60(54,55)57-58(31-13-7-4-8-14-31,32-15-9-5-10-16-32)33-17-11-6-12-18-33/h4-18,28-29,34-36,40-41H,19-27H2,1-3H3,(H,51,52,53). The molecule has 9 atom stereocenters. The lowest BCUT2D eigenvalue weighted by Crippen LogP contribution is -2.60. The maximum atomic E-state index is 16.4. The maximum Gasteiger partial charge on any atom is 0.423 e. The zero-order valence-corrected chi connectivity index (χ0v) is 36.0. The van der Waals surface area contributed by atoms with Gasteiger partial charge in [0.15, 0.2) is 0 Å². The van der Waals surface area contributed by atoms with E-state index in [0.29, 0.717) is 38.5 Å². The number of Topliss-reactive ketones (excluding diaryl/α,β-unsaturated/α-hetero) is 3. The minimum Gasteiger partial charge on any atom is -0.435 e. The summed E-state index contributed by atoms with van der Waals surface area (Å²) in [6, 6.07) is 23.1. The van der Waals surface area contributed by atoms with Crippen LogP contribution in [0.25, 0.3) is 0 Å². The Bertz CT molecular complexity index is 2270. The molecule has 3 aromatic carbocycles. The first-order chi connectivity index (χ1) is 28.2. The molecule has 4 aliphatic rings. The number of carbonyl (C=O) groups is 4. The van der Waals surface area contributed by atoms with E-state index in [9.17, 15) is 40.6 Å². The van der Waals surface area contributed by atoms with Gasteiger partial charge in [0.25, 0.3) is 0 Å². The predicted molar refractivity (Wildman–Crippen MR) is 217 cm³/mol. The zero-order chi connectivity index (χ0) is 43.5. The van der Waals surface area contributed by atoms with Crippen molar-refractivity contribution in [1.82, 2.24) is 0 Å². The van der Waals surface area contributed by atoms with Crippen molar-refractivity contribution in [3.05, 3.63) is 91.0 Å². The van der Waals surface area contributed by atoms with E-state index in [2.05, 4.69) is 6.92 Å². The molecule has 4 saturated carbocycles. The largest absolute Gasteiger partial charge is 0.435 e. The molecule has 16 heteroatoms. The number of hydrogen-bond acceptors (Lipinski definition) is 10. The fourth-order valence-corrected chi connectivity index (χ4v) is 17.5. The van der Waals surface area contributed by atoms with Crippen LogP contribution in [0.15, 0.2) is 106 Å². The smallest absolute Gasteiger partial charge is 0.423 e. The van der Waals surface area contributed by atoms with Gasteiger partial charge in [-0.25, -0.2) is 3.63 Å². The minimum atomic E-state index is -6.39. The fourth-order valence-electron chi connectivity index (χ4n) is 11.1. The third kappa shape index (κ3) is 7.47. The lowest BCUT2D eigenvalue weighted by molar-refractivity contribution is -0.166. The van der Waals surface area contributed by atoms with Crippen LogP contribution in [0.1, 0.15) is 78.6 Å². The molecule has 11 nitrogen and oxygen atoms in total. The molecule has 0 spiro atoms. The van der Waals surface area contributed by atoms with Crippen molar-refractivity contribution >= 4 is 53.9 Å². The number of ether oxygens (including phenoxy) is 1. The van der Waals surface area contributed by atoms with Crippen molar-refractivity contribution in [3.8, 4) is 0 Å². The number of carbonyl (C=O) groups excluding carboxylic acids is 4. The molecule has 60 heavy (non-hydrogen) atoms. The molecule has 0 amide bonds. The molecule has 0 heterocycles. The van der Waals surface area contributed by atoms with Gasteiger partial charge in [0.2, 0.25) is 0 Å². The molecule has 7 rings (SSSR count). The first-order valence-corrected chi connectivity index (χ1v) is 24.7. The van der Waals surface area contributed by atoms with Crippen LogP contribution in [0.3, 0.4) is 0 Å². The topological polar surface area (TPSA) is 175 Å². The molecule has 0 bridgehead atoms. The summed E-state index contributed by atoms with van der Waals surface area (Å²) < 4.78 is 106. The van der Waals surface area contributed by atoms with Crippen LogP contribution in [-0.4, -0.2) is 55.4 Å². The third-order valence-corrected chi connectivity index (χ3v) is 20.5. The van der Waals surface area contributed by atoms with E-state index in [1.54, 1.807) is 61.5 Å². The Morgan fingerprint density at radius 2 is 1.35 bits per heavy atom. The molecule has 9 unspecified atom stereocenters. The van der Waals surface area contributed by atoms with Gasteiger partial charge in [0.1, 0.15) is 17.3 Å². The number of esters is 1. The van der Waals surface area contributed by atoms with Gasteiger partial charge < -0.3 is 4.74 Å². The minimum absolute atomic E-state index is 0.00764. The van der Waals surface area contributed by atoms with Crippen molar-refractivity contribution in [1.29, 1.82) is 0 Å². The SMILES string of the molecule is CC(CCC(=O)OC(C(F)(F)S(=O)(=O)OS(c1ccccc1)(c1ccccc1)c1ccccc1)S(=O)(=O)O)C1CCC2C3C(=O)CC4CC(=O)CCC4(C)C3CC(=O)C12C. The summed E-state index contributed by atoms with van der Waals surface area (Å²) >= 11 is 0. The van der Waals surface area contributed by atoms with E-state index in [1.807, 2.05) is 6.92 Å². The van der Waals surface area contributed by atoms with E-state index in [-0.39, 0.29) is 79.9 Å². The van der Waals surface area contributed by atoms with Crippen molar-refractivity contribution < 1.29 is 57.7 Å². The van der Waals surface area contributed by atoms with Crippen molar-refractivity contribution in [2.24, 2.45) is 46.3 Å². The number of hydrogen-bond donors (Lipinski definition) is 1. The van der Waals surface area contributed by atoms with Gasteiger partial charge in [-0.2, -0.15) is 25.6 Å². The number of fused-ring (bicyclic) bond motifs is 5. The summed E-state index contributed by atoms with van der Waals surface area (Å²) in [7, 11) is -16.1. The number of alkyl halides is 2. The highest BCUT2D eigenvalue weighted by Crippen LogP contribution is 2.71. The highest BCUT2D eigenvalue weighted by molar-refractivity contribution is 8.33. The van der Waals surface area contributed by atoms with E-state index in [0.717, 1.165) is 0 Å². The van der Waals surface area contributed by atoms with Gasteiger partial charge in [-0.3, -0.25) is 23.7 Å². The predicted octanol–water partition coefficient (Wildman–Crippen LogP) is 8.58. The van der Waals surface area contributed by atoms with Crippen LogP contribution in [0.2, 0.25) is 0 Å². The average molecular weight is 889 g/mol. The second-order valence-corrected chi connectivity index (χ2v) is 23.4. The molecule has 0 aromatic heterocycles. The van der Waals surface area contributed by atoms with Crippen LogP contribution in [0.5, 0.6) is 0 Å². The first kappa shape index (κ1) is 44.2. The van der Waals surface area contributed by atoms with Gasteiger partial charge in [-0.1, -0.05) is 75.4 Å². The summed E-state index contributed by atoms with van der Waals surface area (Å²) in [5, 5.41) is -5.52. The highest BCUT2D eigenvalue weighted by atomic mass is 32.3. The third-order valence-electron chi connectivity index (χ3n) is 14.2. The molecule has 0 saturated heterocycles. The summed E-state index contributed by atoms with van der Waals surface area (Å²) in [5.41, 5.74) is -5.12. The van der Waals surface area contributed by atoms with E-state index >= 15 is 8.78 Å². The quantitative estimate of drug-likeness (QED) is 0.129. The van der Waals surface area contributed by atoms with E-state index in [4.69, 9.17) is 8.37 Å². The van der Waals surface area contributed by atoms with Gasteiger partial charge in [0.05, 0.1) is 0 Å². The Morgan fingerprint density at radius 1 is 0.817 bits per heavy atom. The highest BCUT2D eigenvalue weighted by Gasteiger charge is 2.67. The zero-order valence-electron chi connectivity index (χ0n) is 33.6. The van der Waals surface area contributed by atoms with Crippen LogP contribution in [-0.2, 0) is 47.8 Å². The van der Waals surface area contributed by atoms with Crippen LogP contribution >= 0.6 is 10.3 Å². The molecular formula is C44H50F2O11S3. The normalized spacial score (nSPS) is 29.8. The van der Waals surface area contributed by atoms with E-state index in [1.165, 1.54) is 36.4 Å². The van der Waals surface area contributed by atoms with E-state index < -0.39 is 65.0 Å². The number of ketones is 3. The summed E-state index contributed by atoms with van der Waals surface area (Å²) in [6.07, 6.45) is 2.32. The maximum absolute atomic E-state index is 16.4. The molecule has 3 aromatic rings. The van der Waals surface area contributed by atoms with Gasteiger partial charge in [-0.15, -0.1) is 0 Å². The summed E-state index contributed by atoms with van der Waals surface area (Å²) in [5.74, 6) is -2.89. The fraction of sp³-hybridized carbons (Fsp3) is 0.500. The Kier molecular flexibility index (Phi) is 11.9. The Labute approximate surface area is 351 Å². The van der Waals surface area contributed by atoms with Crippen molar-refractivity contribution in [3.63, 3.8) is 0 Å². The molecule has 4 aliphatic carbocycles. The van der Waals surface area contributed by atoms with Crippen molar-refractivity contribution in [2.45, 2.75) is 104 Å². The molecule has 324 valence electrons.